The average Bonchev–Trinajstić information content (AvgIpc) is 2.56. The number of carbonyl (C=O) groups is 1. The minimum atomic E-state index is -0.330. The fraction of sp³-hybridized carbons (Fsp3) is 0.462. The smallest absolute Gasteiger partial charge is 0.150 e. The molecular weight excluding hydrogens is 205 g/mol. The quantitative estimate of drug-likeness (QED) is 0.715. The first-order chi connectivity index (χ1) is 7.79. The average molecular weight is 221 g/mol. The van der Waals surface area contributed by atoms with Gasteiger partial charge in [0.2, 0.25) is 0 Å². The molecule has 2 nitrogen and oxygen atoms in total. The Labute approximate surface area is 95.1 Å². The molecule has 86 valence electrons. The van der Waals surface area contributed by atoms with Crippen molar-refractivity contribution in [1.29, 1.82) is 0 Å². The number of hydrogen-bond acceptors (Lipinski definition) is 2. The van der Waals surface area contributed by atoms with Gasteiger partial charge in [0.05, 0.1) is 0 Å². The van der Waals surface area contributed by atoms with Crippen molar-refractivity contribution in [3.63, 3.8) is 0 Å². The first-order valence-electron chi connectivity index (χ1n) is 5.80. The van der Waals surface area contributed by atoms with E-state index in [2.05, 4.69) is 4.90 Å². The first kappa shape index (κ1) is 11.1. The molecule has 0 atom stereocenters. The molecule has 1 fully saturated rings. The van der Waals surface area contributed by atoms with Crippen LogP contribution in [0.1, 0.15) is 36.0 Å². The zero-order valence-electron chi connectivity index (χ0n) is 9.29. The highest BCUT2D eigenvalue weighted by atomic mass is 19.1. The van der Waals surface area contributed by atoms with Crippen LogP contribution in [0.25, 0.3) is 0 Å². The molecule has 1 aromatic carbocycles. The lowest BCUT2D eigenvalue weighted by Gasteiger charge is -2.22. The minimum absolute atomic E-state index is 0.330. The van der Waals surface area contributed by atoms with Gasteiger partial charge in [0.1, 0.15) is 12.1 Å². The van der Waals surface area contributed by atoms with Crippen LogP contribution in [0.3, 0.4) is 0 Å². The van der Waals surface area contributed by atoms with E-state index in [1.165, 1.54) is 25.0 Å². The molecule has 0 aromatic heterocycles. The lowest BCUT2D eigenvalue weighted by Crippen LogP contribution is -2.24. The first-order valence-corrected chi connectivity index (χ1v) is 5.80. The number of carbonyl (C=O) groups excluding carboxylic acids is 1. The normalized spacial score (nSPS) is 16.9. The van der Waals surface area contributed by atoms with Crippen LogP contribution >= 0.6 is 0 Å². The van der Waals surface area contributed by atoms with E-state index in [9.17, 15) is 9.18 Å². The highest BCUT2D eigenvalue weighted by Gasteiger charge is 2.11. The maximum Gasteiger partial charge on any atom is 0.150 e. The summed E-state index contributed by atoms with van der Waals surface area (Å²) in [4.78, 5) is 12.8. The standard InChI is InChI=1S/C13H16FNO/c14-12-7-11(10-16)8-13(9-12)15-5-3-1-2-4-6-15/h7-10H,1-6H2. The number of benzene rings is 1. The largest absolute Gasteiger partial charge is 0.371 e. The zero-order valence-corrected chi connectivity index (χ0v) is 9.29. The number of aldehydes is 1. The van der Waals surface area contributed by atoms with Crippen molar-refractivity contribution in [2.45, 2.75) is 25.7 Å². The summed E-state index contributed by atoms with van der Waals surface area (Å²) in [5, 5.41) is 0. The van der Waals surface area contributed by atoms with E-state index in [-0.39, 0.29) is 5.82 Å². The van der Waals surface area contributed by atoms with Crippen molar-refractivity contribution in [1.82, 2.24) is 0 Å². The molecule has 1 heterocycles. The Bertz CT molecular complexity index is 370. The Hall–Kier alpha value is -1.38. The lowest BCUT2D eigenvalue weighted by atomic mass is 10.2. The third-order valence-corrected chi connectivity index (χ3v) is 3.01. The molecule has 0 N–H and O–H groups in total. The summed E-state index contributed by atoms with van der Waals surface area (Å²) in [6, 6.07) is 4.55. The summed E-state index contributed by atoms with van der Waals surface area (Å²) in [5.41, 5.74) is 1.25. The molecule has 0 aliphatic carbocycles. The van der Waals surface area contributed by atoms with E-state index in [1.807, 2.05) is 0 Å². The highest BCUT2D eigenvalue weighted by molar-refractivity contribution is 5.77. The molecule has 1 aliphatic rings. The monoisotopic (exact) mass is 221 g/mol. The minimum Gasteiger partial charge on any atom is -0.371 e. The Morgan fingerprint density at radius 3 is 2.38 bits per heavy atom. The van der Waals surface area contributed by atoms with Crippen LogP contribution in [0.4, 0.5) is 10.1 Å². The molecule has 0 radical (unpaired) electrons. The fourth-order valence-electron chi connectivity index (χ4n) is 2.18. The SMILES string of the molecule is O=Cc1cc(F)cc(N2CCCCCC2)c1. The Kier molecular flexibility index (Phi) is 3.54. The van der Waals surface area contributed by atoms with Gasteiger partial charge in [0, 0.05) is 24.3 Å². The van der Waals surface area contributed by atoms with E-state index in [4.69, 9.17) is 0 Å². The van der Waals surface area contributed by atoms with Gasteiger partial charge in [0.25, 0.3) is 0 Å². The van der Waals surface area contributed by atoms with Gasteiger partial charge < -0.3 is 4.90 Å². The van der Waals surface area contributed by atoms with Gasteiger partial charge in [-0.15, -0.1) is 0 Å². The highest BCUT2D eigenvalue weighted by Crippen LogP contribution is 2.21. The summed E-state index contributed by atoms with van der Waals surface area (Å²) in [7, 11) is 0. The molecule has 1 aromatic rings. The Morgan fingerprint density at radius 2 is 1.75 bits per heavy atom. The van der Waals surface area contributed by atoms with Crippen LogP contribution in [0.15, 0.2) is 18.2 Å². The van der Waals surface area contributed by atoms with Crippen molar-refractivity contribution in [2.75, 3.05) is 18.0 Å². The number of hydrogen-bond donors (Lipinski definition) is 0. The van der Waals surface area contributed by atoms with Crippen LogP contribution in [0, 0.1) is 5.82 Å². The van der Waals surface area contributed by atoms with Crippen LogP contribution in [0.2, 0.25) is 0 Å². The van der Waals surface area contributed by atoms with Gasteiger partial charge in [-0.3, -0.25) is 4.79 Å². The molecule has 0 bridgehead atoms. The molecule has 0 spiro atoms. The van der Waals surface area contributed by atoms with Gasteiger partial charge in [-0.05, 0) is 31.0 Å². The van der Waals surface area contributed by atoms with Crippen LogP contribution in [-0.4, -0.2) is 19.4 Å². The van der Waals surface area contributed by atoms with E-state index in [1.54, 1.807) is 6.07 Å². The number of nitrogens with zero attached hydrogens (tertiary/aromatic N) is 1. The summed E-state index contributed by atoms with van der Waals surface area (Å²) < 4.78 is 13.3. The van der Waals surface area contributed by atoms with Gasteiger partial charge in [-0.2, -0.15) is 0 Å². The molecule has 0 saturated carbocycles. The van der Waals surface area contributed by atoms with Gasteiger partial charge >= 0.3 is 0 Å². The maximum absolute atomic E-state index is 13.3. The van der Waals surface area contributed by atoms with Crippen molar-refractivity contribution < 1.29 is 9.18 Å². The van der Waals surface area contributed by atoms with Gasteiger partial charge in [-0.1, -0.05) is 12.8 Å². The van der Waals surface area contributed by atoms with Crippen molar-refractivity contribution >= 4 is 12.0 Å². The predicted molar refractivity (Wildman–Crippen MR) is 62.5 cm³/mol. The van der Waals surface area contributed by atoms with Gasteiger partial charge in [-0.25, -0.2) is 4.39 Å². The molecule has 0 unspecified atom stereocenters. The Morgan fingerprint density at radius 1 is 1.06 bits per heavy atom. The van der Waals surface area contributed by atoms with Crippen molar-refractivity contribution in [3.8, 4) is 0 Å². The van der Waals surface area contributed by atoms with Crippen LogP contribution < -0.4 is 4.90 Å². The topological polar surface area (TPSA) is 20.3 Å². The molecule has 16 heavy (non-hydrogen) atoms. The number of anilines is 1. The van der Waals surface area contributed by atoms with Gasteiger partial charge in [0.15, 0.2) is 0 Å². The number of rotatable bonds is 2. The molecule has 3 heteroatoms. The van der Waals surface area contributed by atoms with E-state index < -0.39 is 0 Å². The van der Waals surface area contributed by atoms with Crippen molar-refractivity contribution in [2.24, 2.45) is 0 Å². The summed E-state index contributed by atoms with van der Waals surface area (Å²) in [6.07, 6.45) is 5.48. The number of halogens is 1. The van der Waals surface area contributed by atoms with Crippen LogP contribution in [-0.2, 0) is 0 Å². The summed E-state index contributed by atoms with van der Waals surface area (Å²) in [6.45, 7) is 1.92. The van der Waals surface area contributed by atoms with E-state index in [0.29, 0.717) is 11.8 Å². The summed E-state index contributed by atoms with van der Waals surface area (Å²) in [5.74, 6) is -0.330. The second-order valence-electron chi connectivity index (χ2n) is 4.26. The third kappa shape index (κ3) is 2.60. The summed E-state index contributed by atoms with van der Waals surface area (Å²) >= 11 is 0. The Balaban J connectivity index is 2.23. The molecule has 1 aliphatic heterocycles. The van der Waals surface area contributed by atoms with Crippen LogP contribution in [0.5, 0.6) is 0 Å². The second-order valence-corrected chi connectivity index (χ2v) is 4.26. The molecule has 0 amide bonds. The molecule has 2 rings (SSSR count). The maximum atomic E-state index is 13.3. The lowest BCUT2D eigenvalue weighted by molar-refractivity contribution is 0.112. The van der Waals surface area contributed by atoms with Crippen molar-refractivity contribution in [3.05, 3.63) is 29.6 Å². The zero-order chi connectivity index (χ0) is 11.4. The molecular formula is C13H16FNO. The molecule has 1 saturated heterocycles. The van der Waals surface area contributed by atoms with E-state index >= 15 is 0 Å². The second kappa shape index (κ2) is 5.10. The van der Waals surface area contributed by atoms with E-state index in [0.717, 1.165) is 31.6 Å². The third-order valence-electron chi connectivity index (χ3n) is 3.01. The predicted octanol–water partition coefficient (Wildman–Crippen LogP) is 3.02. The fourth-order valence-corrected chi connectivity index (χ4v) is 2.18.